The lowest BCUT2D eigenvalue weighted by molar-refractivity contribution is -0.157. The number of cyclic esters (lactones) is 1. The quantitative estimate of drug-likeness (QED) is 0.567. The zero-order valence-electron chi connectivity index (χ0n) is 7.46. The number of carbonyl (C=O) groups excluding carboxylic acids is 2. The van der Waals surface area contributed by atoms with E-state index in [1.54, 1.807) is 20.8 Å². The number of hydrogen-bond donors (Lipinski definition) is 1. The molecule has 1 aliphatic heterocycles. The summed E-state index contributed by atoms with van der Waals surface area (Å²) in [4.78, 5) is 22.0. The molecule has 12 heavy (non-hydrogen) atoms. The minimum atomic E-state index is -1.11. The minimum Gasteiger partial charge on any atom is -0.449 e. The number of esters is 1. The summed E-state index contributed by atoms with van der Waals surface area (Å²) in [6.07, 6.45) is 0. The second-order valence-electron chi connectivity index (χ2n) is 3.47. The molecule has 1 fully saturated rings. The Morgan fingerprint density at radius 3 is 2.25 bits per heavy atom. The summed E-state index contributed by atoms with van der Waals surface area (Å²) in [7, 11) is 0. The van der Waals surface area contributed by atoms with E-state index in [0.29, 0.717) is 0 Å². The number of carbonyl (C=O) groups is 2. The van der Waals surface area contributed by atoms with Gasteiger partial charge >= 0.3 is 5.97 Å². The van der Waals surface area contributed by atoms with Crippen molar-refractivity contribution in [2.45, 2.75) is 26.4 Å². The molecular weight excluding hydrogens is 158 g/mol. The van der Waals surface area contributed by atoms with Crippen LogP contribution >= 0.6 is 0 Å². The fourth-order valence-electron chi connectivity index (χ4n) is 1.35. The second kappa shape index (κ2) is 2.47. The van der Waals surface area contributed by atoms with Gasteiger partial charge in [-0.05, 0) is 6.92 Å². The highest BCUT2D eigenvalue weighted by molar-refractivity contribution is 5.90. The Morgan fingerprint density at radius 2 is 2.08 bits per heavy atom. The van der Waals surface area contributed by atoms with Crippen molar-refractivity contribution in [2.24, 2.45) is 17.6 Å². The van der Waals surface area contributed by atoms with E-state index >= 15 is 0 Å². The molecule has 1 aliphatic rings. The maximum atomic E-state index is 11.1. The van der Waals surface area contributed by atoms with Crippen LogP contribution < -0.4 is 5.73 Å². The first-order valence-electron chi connectivity index (χ1n) is 3.92. The smallest absolute Gasteiger partial charge is 0.310 e. The van der Waals surface area contributed by atoms with E-state index < -0.39 is 11.5 Å². The Labute approximate surface area is 71.1 Å². The number of amides is 1. The van der Waals surface area contributed by atoms with E-state index in [1.165, 1.54) is 0 Å². The summed E-state index contributed by atoms with van der Waals surface area (Å²) < 4.78 is 4.92. The first-order chi connectivity index (χ1) is 5.39. The van der Waals surface area contributed by atoms with Crippen LogP contribution in [0.5, 0.6) is 0 Å². The predicted octanol–water partition coefficient (Wildman–Crippen LogP) is 0.0594. The van der Waals surface area contributed by atoms with Crippen molar-refractivity contribution in [1.82, 2.24) is 0 Å². The Morgan fingerprint density at radius 1 is 1.58 bits per heavy atom. The van der Waals surface area contributed by atoms with Gasteiger partial charge < -0.3 is 10.5 Å². The summed E-state index contributed by atoms with van der Waals surface area (Å²) >= 11 is 0. The summed E-state index contributed by atoms with van der Waals surface area (Å²) in [5.41, 5.74) is 4.02. The van der Waals surface area contributed by atoms with Gasteiger partial charge in [0.15, 0.2) is 5.60 Å². The lowest BCUT2D eigenvalue weighted by Gasteiger charge is -2.23. The van der Waals surface area contributed by atoms with Gasteiger partial charge in [0.1, 0.15) is 0 Å². The van der Waals surface area contributed by atoms with E-state index in [-0.39, 0.29) is 17.8 Å². The molecule has 0 unspecified atom stereocenters. The van der Waals surface area contributed by atoms with E-state index in [9.17, 15) is 9.59 Å². The van der Waals surface area contributed by atoms with Gasteiger partial charge in [-0.1, -0.05) is 13.8 Å². The molecule has 1 amide bonds. The first kappa shape index (κ1) is 9.03. The van der Waals surface area contributed by atoms with Crippen LogP contribution in [0.25, 0.3) is 0 Å². The Balaban J connectivity index is 2.97. The van der Waals surface area contributed by atoms with Gasteiger partial charge in [0.25, 0.3) is 5.91 Å². The molecular formula is C8H13NO3. The van der Waals surface area contributed by atoms with Crippen LogP contribution in [0, 0.1) is 11.8 Å². The number of hydrogen-bond acceptors (Lipinski definition) is 3. The maximum Gasteiger partial charge on any atom is 0.310 e. The fourth-order valence-corrected chi connectivity index (χ4v) is 1.35. The van der Waals surface area contributed by atoms with E-state index in [0.717, 1.165) is 0 Å². The highest BCUT2D eigenvalue weighted by Crippen LogP contribution is 2.36. The van der Waals surface area contributed by atoms with Crippen LogP contribution in [0.1, 0.15) is 20.8 Å². The van der Waals surface area contributed by atoms with Crippen molar-refractivity contribution >= 4 is 11.9 Å². The largest absolute Gasteiger partial charge is 0.449 e. The predicted molar refractivity (Wildman–Crippen MR) is 42.0 cm³/mol. The average Bonchev–Trinajstić information content (AvgIpc) is 2.17. The van der Waals surface area contributed by atoms with E-state index in [2.05, 4.69) is 0 Å². The molecule has 2 N–H and O–H groups in total. The summed E-state index contributed by atoms with van der Waals surface area (Å²) in [6, 6.07) is 0. The van der Waals surface area contributed by atoms with Crippen LogP contribution in [0.4, 0.5) is 0 Å². The summed E-state index contributed by atoms with van der Waals surface area (Å²) in [5.74, 6) is -1.32. The van der Waals surface area contributed by atoms with Crippen LogP contribution in [0.2, 0.25) is 0 Å². The molecule has 1 heterocycles. The van der Waals surface area contributed by atoms with E-state index in [1.807, 2.05) is 0 Å². The van der Waals surface area contributed by atoms with Gasteiger partial charge in [-0.2, -0.15) is 0 Å². The maximum absolute atomic E-state index is 11.1. The molecule has 68 valence electrons. The van der Waals surface area contributed by atoms with Gasteiger partial charge in [0, 0.05) is 5.92 Å². The molecule has 0 aromatic rings. The fraction of sp³-hybridized carbons (Fsp3) is 0.750. The molecule has 3 atom stereocenters. The normalized spacial score (nSPS) is 41.1. The van der Waals surface area contributed by atoms with Crippen LogP contribution in [-0.4, -0.2) is 17.5 Å². The number of nitrogens with two attached hydrogens (primary N) is 1. The van der Waals surface area contributed by atoms with Crippen molar-refractivity contribution in [3.05, 3.63) is 0 Å². The molecule has 0 aromatic carbocycles. The topological polar surface area (TPSA) is 69.4 Å². The van der Waals surface area contributed by atoms with Crippen LogP contribution in [-0.2, 0) is 14.3 Å². The van der Waals surface area contributed by atoms with Crippen LogP contribution in [0.15, 0.2) is 0 Å². The van der Waals surface area contributed by atoms with Gasteiger partial charge in [-0.25, -0.2) is 0 Å². The summed E-state index contributed by atoms with van der Waals surface area (Å²) in [6.45, 7) is 5.09. The molecule has 1 saturated heterocycles. The monoisotopic (exact) mass is 171 g/mol. The minimum absolute atomic E-state index is 0.150. The lowest BCUT2D eigenvalue weighted by atomic mass is 9.84. The molecule has 0 saturated carbocycles. The molecule has 0 aliphatic carbocycles. The highest BCUT2D eigenvalue weighted by Gasteiger charge is 2.52. The van der Waals surface area contributed by atoms with Gasteiger partial charge in [-0.3, -0.25) is 9.59 Å². The third-order valence-electron chi connectivity index (χ3n) is 2.79. The summed E-state index contributed by atoms with van der Waals surface area (Å²) in [5, 5.41) is 0. The van der Waals surface area contributed by atoms with Crippen LogP contribution in [0.3, 0.4) is 0 Å². The van der Waals surface area contributed by atoms with E-state index in [4.69, 9.17) is 10.5 Å². The lowest BCUT2D eigenvalue weighted by Crippen LogP contribution is -2.45. The zero-order chi connectivity index (χ0) is 9.52. The zero-order valence-corrected chi connectivity index (χ0v) is 7.46. The van der Waals surface area contributed by atoms with Gasteiger partial charge in [-0.15, -0.1) is 0 Å². The molecule has 0 bridgehead atoms. The number of rotatable bonds is 1. The molecule has 0 aromatic heterocycles. The Bertz CT molecular complexity index is 236. The SMILES string of the molecule is C[C@H]1C(=O)O[C@@](C)(C(N)=O)[C@H]1C. The Kier molecular flexibility index (Phi) is 1.86. The molecule has 0 radical (unpaired) electrons. The van der Waals surface area contributed by atoms with Crippen molar-refractivity contribution in [1.29, 1.82) is 0 Å². The Hall–Kier alpha value is -1.06. The third kappa shape index (κ3) is 0.983. The standard InChI is InChI=1S/C8H13NO3/c1-4-5(2)8(3,7(9)11)12-6(4)10/h4-5H,1-3H3,(H2,9,11)/t4-,5+,8-/m1/s1. The molecule has 4 heteroatoms. The van der Waals surface area contributed by atoms with Crippen molar-refractivity contribution in [3.63, 3.8) is 0 Å². The third-order valence-corrected chi connectivity index (χ3v) is 2.79. The van der Waals surface area contributed by atoms with Crippen molar-refractivity contribution < 1.29 is 14.3 Å². The van der Waals surface area contributed by atoms with Gasteiger partial charge in [0.2, 0.25) is 0 Å². The molecule has 4 nitrogen and oxygen atoms in total. The van der Waals surface area contributed by atoms with Crippen molar-refractivity contribution in [2.75, 3.05) is 0 Å². The number of primary amides is 1. The average molecular weight is 171 g/mol. The number of ether oxygens (including phenoxy) is 1. The first-order valence-corrected chi connectivity index (χ1v) is 3.92. The highest BCUT2D eigenvalue weighted by atomic mass is 16.6. The van der Waals surface area contributed by atoms with Gasteiger partial charge in [0.05, 0.1) is 5.92 Å². The van der Waals surface area contributed by atoms with Crippen molar-refractivity contribution in [3.8, 4) is 0 Å². The molecule has 0 spiro atoms. The second-order valence-corrected chi connectivity index (χ2v) is 3.47. The molecule has 1 rings (SSSR count).